The fraction of sp³-hybridized carbons (Fsp3) is 0.278. The van der Waals surface area contributed by atoms with Gasteiger partial charge in [0.2, 0.25) is 0 Å². The van der Waals surface area contributed by atoms with Gasteiger partial charge in [-0.15, -0.1) is 0 Å². The van der Waals surface area contributed by atoms with E-state index < -0.39 is 5.97 Å². The SMILES string of the molecule is COc1ccc(C(=O)OCc2cc(Cl)c3c(c2)OCCO3)c(OC)c1. The summed E-state index contributed by atoms with van der Waals surface area (Å²) in [6.07, 6.45) is 0. The molecule has 0 spiro atoms. The smallest absolute Gasteiger partial charge is 0.342 e. The van der Waals surface area contributed by atoms with Crippen LogP contribution in [0.2, 0.25) is 5.02 Å². The van der Waals surface area contributed by atoms with E-state index in [1.807, 2.05) is 0 Å². The number of carbonyl (C=O) groups is 1. The van der Waals surface area contributed by atoms with Crippen LogP contribution in [0.5, 0.6) is 23.0 Å². The summed E-state index contributed by atoms with van der Waals surface area (Å²) in [5.41, 5.74) is 1.02. The van der Waals surface area contributed by atoms with E-state index in [0.29, 0.717) is 52.4 Å². The molecule has 1 aliphatic rings. The van der Waals surface area contributed by atoms with Gasteiger partial charge in [-0.1, -0.05) is 11.6 Å². The van der Waals surface area contributed by atoms with E-state index in [1.54, 1.807) is 37.4 Å². The van der Waals surface area contributed by atoms with Crippen LogP contribution in [-0.4, -0.2) is 33.4 Å². The molecule has 0 fully saturated rings. The number of ether oxygens (including phenoxy) is 5. The van der Waals surface area contributed by atoms with E-state index in [0.717, 1.165) is 0 Å². The molecule has 0 amide bonds. The Morgan fingerprint density at radius 1 is 1.12 bits per heavy atom. The number of halogens is 1. The Kier molecular flexibility index (Phi) is 5.19. The third-order valence-corrected chi connectivity index (χ3v) is 3.94. The van der Waals surface area contributed by atoms with Crippen molar-refractivity contribution in [3.8, 4) is 23.0 Å². The van der Waals surface area contributed by atoms with E-state index in [1.165, 1.54) is 7.11 Å². The average molecular weight is 365 g/mol. The summed E-state index contributed by atoms with van der Waals surface area (Å²) in [5.74, 6) is 1.52. The number of carbonyl (C=O) groups excluding carboxylic acids is 1. The molecule has 0 saturated carbocycles. The monoisotopic (exact) mass is 364 g/mol. The molecule has 0 atom stereocenters. The summed E-state index contributed by atoms with van der Waals surface area (Å²) in [5, 5.41) is 0.422. The first kappa shape index (κ1) is 17.2. The second kappa shape index (κ2) is 7.53. The quantitative estimate of drug-likeness (QED) is 0.757. The van der Waals surface area contributed by atoms with Crippen molar-refractivity contribution in [1.29, 1.82) is 0 Å². The molecular weight excluding hydrogens is 348 g/mol. The van der Waals surface area contributed by atoms with E-state index in [9.17, 15) is 4.79 Å². The number of esters is 1. The van der Waals surface area contributed by atoms with Gasteiger partial charge in [0.1, 0.15) is 36.9 Å². The number of hydrogen-bond acceptors (Lipinski definition) is 6. The molecule has 0 saturated heterocycles. The highest BCUT2D eigenvalue weighted by atomic mass is 35.5. The van der Waals surface area contributed by atoms with Crippen LogP contribution in [0.15, 0.2) is 30.3 Å². The minimum Gasteiger partial charge on any atom is -0.497 e. The molecule has 3 rings (SSSR count). The summed E-state index contributed by atoms with van der Waals surface area (Å²) >= 11 is 6.18. The molecule has 0 bridgehead atoms. The lowest BCUT2D eigenvalue weighted by atomic mass is 10.2. The third-order valence-electron chi connectivity index (χ3n) is 3.66. The zero-order valence-corrected chi connectivity index (χ0v) is 14.6. The van der Waals surface area contributed by atoms with Crippen molar-refractivity contribution in [2.45, 2.75) is 6.61 Å². The Bertz CT molecular complexity index is 789. The highest BCUT2D eigenvalue weighted by Crippen LogP contribution is 2.38. The molecule has 0 unspecified atom stereocenters. The molecular formula is C18H17ClO6. The summed E-state index contributed by atoms with van der Waals surface area (Å²) in [7, 11) is 3.02. The Balaban J connectivity index is 1.73. The van der Waals surface area contributed by atoms with Crippen LogP contribution in [0.25, 0.3) is 0 Å². The molecule has 6 nitrogen and oxygen atoms in total. The molecule has 25 heavy (non-hydrogen) atoms. The van der Waals surface area contributed by atoms with Gasteiger partial charge in [-0.2, -0.15) is 0 Å². The largest absolute Gasteiger partial charge is 0.497 e. The molecule has 1 aliphatic heterocycles. The first-order chi connectivity index (χ1) is 12.1. The van der Waals surface area contributed by atoms with Gasteiger partial charge in [0.25, 0.3) is 0 Å². The van der Waals surface area contributed by atoms with Crippen molar-refractivity contribution >= 4 is 17.6 Å². The van der Waals surface area contributed by atoms with Crippen LogP contribution in [0, 0.1) is 0 Å². The highest BCUT2D eigenvalue weighted by Gasteiger charge is 2.19. The maximum absolute atomic E-state index is 12.3. The molecule has 1 heterocycles. The van der Waals surface area contributed by atoms with Crippen molar-refractivity contribution in [1.82, 2.24) is 0 Å². The second-order valence-electron chi connectivity index (χ2n) is 5.24. The summed E-state index contributed by atoms with van der Waals surface area (Å²) in [4.78, 5) is 12.3. The Morgan fingerprint density at radius 2 is 1.92 bits per heavy atom. The standard InChI is InChI=1S/C18H17ClO6/c1-21-12-3-4-13(15(9-12)22-2)18(20)25-10-11-7-14(19)17-16(8-11)23-5-6-24-17/h3-4,7-9H,5-6,10H2,1-2H3. The number of rotatable bonds is 5. The van der Waals surface area contributed by atoms with E-state index >= 15 is 0 Å². The molecule has 2 aromatic carbocycles. The van der Waals surface area contributed by atoms with Gasteiger partial charge in [0.05, 0.1) is 19.2 Å². The van der Waals surface area contributed by atoms with Gasteiger partial charge in [-0.25, -0.2) is 4.79 Å². The first-order valence-electron chi connectivity index (χ1n) is 7.59. The normalized spacial score (nSPS) is 12.4. The molecule has 132 valence electrons. The van der Waals surface area contributed by atoms with E-state index in [4.69, 9.17) is 35.3 Å². The first-order valence-corrected chi connectivity index (χ1v) is 7.97. The van der Waals surface area contributed by atoms with E-state index in [2.05, 4.69) is 0 Å². The van der Waals surface area contributed by atoms with Crippen LogP contribution in [0.1, 0.15) is 15.9 Å². The predicted molar refractivity (Wildman–Crippen MR) is 91.1 cm³/mol. The molecule has 2 aromatic rings. The maximum atomic E-state index is 12.3. The minimum absolute atomic E-state index is 0.0460. The number of fused-ring (bicyclic) bond motifs is 1. The lowest BCUT2D eigenvalue weighted by Gasteiger charge is -2.20. The van der Waals surface area contributed by atoms with Crippen molar-refractivity contribution in [2.75, 3.05) is 27.4 Å². The minimum atomic E-state index is -0.509. The van der Waals surface area contributed by atoms with Gasteiger partial charge in [0.15, 0.2) is 11.5 Å². The van der Waals surface area contributed by atoms with E-state index in [-0.39, 0.29) is 6.61 Å². The summed E-state index contributed by atoms with van der Waals surface area (Å²) in [6.45, 7) is 0.957. The molecule has 0 aromatic heterocycles. The lowest BCUT2D eigenvalue weighted by molar-refractivity contribution is 0.0468. The lowest BCUT2D eigenvalue weighted by Crippen LogP contribution is -2.16. The van der Waals surface area contributed by atoms with Crippen LogP contribution < -0.4 is 18.9 Å². The number of benzene rings is 2. The van der Waals surface area contributed by atoms with Gasteiger partial charge in [0, 0.05) is 6.07 Å². The highest BCUT2D eigenvalue weighted by molar-refractivity contribution is 6.32. The van der Waals surface area contributed by atoms with Gasteiger partial charge < -0.3 is 23.7 Å². The van der Waals surface area contributed by atoms with Crippen LogP contribution in [-0.2, 0) is 11.3 Å². The Labute approximate surface area is 150 Å². The zero-order chi connectivity index (χ0) is 17.8. The summed E-state index contributed by atoms with van der Waals surface area (Å²) in [6, 6.07) is 8.32. The molecule has 0 N–H and O–H groups in total. The van der Waals surface area contributed by atoms with Crippen molar-refractivity contribution in [3.63, 3.8) is 0 Å². The second-order valence-corrected chi connectivity index (χ2v) is 5.65. The zero-order valence-electron chi connectivity index (χ0n) is 13.8. The maximum Gasteiger partial charge on any atom is 0.342 e. The van der Waals surface area contributed by atoms with Gasteiger partial charge in [-0.3, -0.25) is 0 Å². The third kappa shape index (κ3) is 3.74. The Morgan fingerprint density at radius 3 is 2.68 bits per heavy atom. The number of methoxy groups -OCH3 is 2. The average Bonchev–Trinajstić information content (AvgIpc) is 2.65. The van der Waals surface area contributed by atoms with Crippen molar-refractivity contribution in [3.05, 3.63) is 46.5 Å². The van der Waals surface area contributed by atoms with Crippen molar-refractivity contribution < 1.29 is 28.5 Å². The van der Waals surface area contributed by atoms with Crippen LogP contribution in [0.4, 0.5) is 0 Å². The Hall–Kier alpha value is -2.60. The molecule has 0 aliphatic carbocycles. The molecule has 7 heteroatoms. The van der Waals surface area contributed by atoms with Crippen LogP contribution in [0.3, 0.4) is 0 Å². The van der Waals surface area contributed by atoms with Gasteiger partial charge in [-0.05, 0) is 29.8 Å². The summed E-state index contributed by atoms with van der Waals surface area (Å²) < 4.78 is 26.7. The fourth-order valence-electron chi connectivity index (χ4n) is 2.44. The number of hydrogen-bond donors (Lipinski definition) is 0. The topological polar surface area (TPSA) is 63.2 Å². The molecule has 0 radical (unpaired) electrons. The fourth-order valence-corrected chi connectivity index (χ4v) is 2.73. The van der Waals surface area contributed by atoms with Crippen LogP contribution >= 0.6 is 11.6 Å². The van der Waals surface area contributed by atoms with Crippen molar-refractivity contribution in [2.24, 2.45) is 0 Å². The van der Waals surface area contributed by atoms with Gasteiger partial charge >= 0.3 is 5.97 Å². The predicted octanol–water partition coefficient (Wildman–Crippen LogP) is 3.49.